The van der Waals surface area contributed by atoms with E-state index in [1.165, 1.54) is 0 Å². The van der Waals surface area contributed by atoms with E-state index in [0.717, 1.165) is 28.5 Å². The van der Waals surface area contributed by atoms with Crippen LogP contribution in [0.15, 0.2) is 18.2 Å². The van der Waals surface area contributed by atoms with Gasteiger partial charge in [0.05, 0.1) is 18.2 Å². The van der Waals surface area contributed by atoms with Gasteiger partial charge in [-0.15, -0.1) is 0 Å². The van der Waals surface area contributed by atoms with Crippen LogP contribution in [-0.4, -0.2) is 18.4 Å². The second kappa shape index (κ2) is 4.94. The number of aromatic nitrogens is 1. The first-order valence-electron chi connectivity index (χ1n) is 5.70. The van der Waals surface area contributed by atoms with Gasteiger partial charge in [0.2, 0.25) is 0 Å². The first kappa shape index (κ1) is 12.8. The van der Waals surface area contributed by atoms with Crippen LogP contribution in [0.5, 0.6) is 5.75 Å². The molecule has 0 bridgehead atoms. The van der Waals surface area contributed by atoms with Crippen LogP contribution in [0.1, 0.15) is 35.7 Å². The predicted octanol–water partition coefficient (Wildman–Crippen LogP) is 3.83. The Hall–Kier alpha value is -1.61. The minimum atomic E-state index is 0.196. The van der Waals surface area contributed by atoms with Crippen molar-refractivity contribution in [3.05, 3.63) is 34.5 Å². The zero-order valence-electron chi connectivity index (χ0n) is 10.5. The minimum Gasteiger partial charge on any atom is -0.497 e. The monoisotopic (exact) mass is 263 g/mol. The highest BCUT2D eigenvalue weighted by atomic mass is 35.5. The molecule has 4 heteroatoms. The molecule has 0 saturated heterocycles. The van der Waals surface area contributed by atoms with E-state index in [-0.39, 0.29) is 11.1 Å². The number of fused-ring (bicyclic) bond motifs is 1. The topological polar surface area (TPSA) is 39.2 Å². The number of nitrogens with zero attached hydrogens (tertiary/aromatic N) is 1. The Bertz CT molecular complexity index is 608. The van der Waals surface area contributed by atoms with E-state index < -0.39 is 0 Å². The van der Waals surface area contributed by atoms with Crippen molar-refractivity contribution >= 4 is 28.8 Å². The molecule has 1 aromatic carbocycles. The average molecular weight is 264 g/mol. The molecule has 0 spiro atoms. The van der Waals surface area contributed by atoms with E-state index in [4.69, 9.17) is 16.3 Å². The summed E-state index contributed by atoms with van der Waals surface area (Å²) < 4.78 is 5.17. The molecule has 2 rings (SSSR count). The van der Waals surface area contributed by atoms with Crippen molar-refractivity contribution in [2.75, 3.05) is 7.11 Å². The SMILES string of the molecule is COc1ccc2c(C(C)C)c(C=O)c(Cl)nc2c1. The molecule has 2 aromatic rings. The Morgan fingerprint density at radius 2 is 2.11 bits per heavy atom. The van der Waals surface area contributed by atoms with Gasteiger partial charge in [0.25, 0.3) is 0 Å². The van der Waals surface area contributed by atoms with Gasteiger partial charge < -0.3 is 4.74 Å². The van der Waals surface area contributed by atoms with Crippen LogP contribution in [0.25, 0.3) is 10.9 Å². The number of aldehydes is 1. The van der Waals surface area contributed by atoms with Gasteiger partial charge in [-0.25, -0.2) is 4.98 Å². The van der Waals surface area contributed by atoms with E-state index >= 15 is 0 Å². The normalized spacial score (nSPS) is 10.9. The largest absolute Gasteiger partial charge is 0.497 e. The van der Waals surface area contributed by atoms with Crippen molar-refractivity contribution in [1.82, 2.24) is 4.98 Å². The standard InChI is InChI=1S/C14H14ClNO2/c1-8(2)13-10-5-4-9(18-3)6-12(10)16-14(15)11(13)7-17/h4-8H,1-3H3. The number of halogens is 1. The first-order valence-corrected chi connectivity index (χ1v) is 6.08. The lowest BCUT2D eigenvalue weighted by Crippen LogP contribution is -2.00. The Morgan fingerprint density at radius 3 is 2.67 bits per heavy atom. The number of carbonyl (C=O) groups excluding carboxylic acids is 1. The number of hydrogen-bond donors (Lipinski definition) is 0. The fourth-order valence-electron chi connectivity index (χ4n) is 2.11. The van der Waals surface area contributed by atoms with Crippen molar-refractivity contribution in [3.63, 3.8) is 0 Å². The lowest BCUT2D eigenvalue weighted by molar-refractivity contribution is 0.112. The summed E-state index contributed by atoms with van der Waals surface area (Å²) in [6.45, 7) is 4.06. The maximum Gasteiger partial charge on any atom is 0.153 e. The van der Waals surface area contributed by atoms with Gasteiger partial charge in [0.1, 0.15) is 10.9 Å². The minimum absolute atomic E-state index is 0.196. The summed E-state index contributed by atoms with van der Waals surface area (Å²) in [5.74, 6) is 0.918. The maximum atomic E-state index is 11.2. The van der Waals surface area contributed by atoms with Gasteiger partial charge in [-0.3, -0.25) is 4.79 Å². The number of carbonyl (C=O) groups is 1. The molecule has 0 amide bonds. The molecule has 0 atom stereocenters. The fourth-order valence-corrected chi connectivity index (χ4v) is 2.35. The highest BCUT2D eigenvalue weighted by Crippen LogP contribution is 2.32. The molecule has 94 valence electrons. The van der Waals surface area contributed by atoms with Crippen LogP contribution in [0.4, 0.5) is 0 Å². The maximum absolute atomic E-state index is 11.2. The van der Waals surface area contributed by atoms with Crippen LogP contribution in [0.2, 0.25) is 5.15 Å². The van der Waals surface area contributed by atoms with Crippen molar-refractivity contribution < 1.29 is 9.53 Å². The van der Waals surface area contributed by atoms with E-state index in [2.05, 4.69) is 4.98 Å². The van der Waals surface area contributed by atoms with Crippen molar-refractivity contribution in [3.8, 4) is 5.75 Å². The second-order valence-electron chi connectivity index (χ2n) is 4.39. The van der Waals surface area contributed by atoms with Gasteiger partial charge in [-0.2, -0.15) is 0 Å². The number of ether oxygens (including phenoxy) is 1. The fraction of sp³-hybridized carbons (Fsp3) is 0.286. The van der Waals surface area contributed by atoms with Crippen molar-refractivity contribution in [1.29, 1.82) is 0 Å². The molecule has 0 aliphatic carbocycles. The first-order chi connectivity index (χ1) is 8.58. The molecule has 0 saturated carbocycles. The van der Waals surface area contributed by atoms with Crippen LogP contribution in [0, 0.1) is 0 Å². The van der Waals surface area contributed by atoms with E-state index in [1.54, 1.807) is 7.11 Å². The van der Waals surface area contributed by atoms with Gasteiger partial charge in [-0.05, 0) is 23.6 Å². The number of methoxy groups -OCH3 is 1. The third-order valence-corrected chi connectivity index (χ3v) is 3.21. The Labute approximate surface area is 111 Å². The zero-order chi connectivity index (χ0) is 13.3. The highest BCUT2D eigenvalue weighted by molar-refractivity contribution is 6.32. The van der Waals surface area contributed by atoms with Crippen LogP contribution in [-0.2, 0) is 0 Å². The molecule has 1 heterocycles. The van der Waals surface area contributed by atoms with E-state index in [9.17, 15) is 4.79 Å². The smallest absolute Gasteiger partial charge is 0.153 e. The Morgan fingerprint density at radius 1 is 1.39 bits per heavy atom. The number of rotatable bonds is 3. The van der Waals surface area contributed by atoms with Crippen LogP contribution >= 0.6 is 11.6 Å². The number of benzene rings is 1. The Balaban J connectivity index is 2.86. The second-order valence-corrected chi connectivity index (χ2v) is 4.74. The molecule has 0 aliphatic heterocycles. The molecule has 1 aromatic heterocycles. The zero-order valence-corrected chi connectivity index (χ0v) is 11.3. The molecular formula is C14H14ClNO2. The Kier molecular flexibility index (Phi) is 3.53. The summed E-state index contributed by atoms with van der Waals surface area (Å²) in [5, 5.41) is 1.19. The van der Waals surface area contributed by atoms with Gasteiger partial charge in [-0.1, -0.05) is 25.4 Å². The molecule has 0 radical (unpaired) electrons. The average Bonchev–Trinajstić information content (AvgIpc) is 2.35. The van der Waals surface area contributed by atoms with Gasteiger partial charge in [0, 0.05) is 11.5 Å². The third kappa shape index (κ3) is 2.06. The molecule has 0 aliphatic rings. The molecule has 18 heavy (non-hydrogen) atoms. The summed E-state index contributed by atoms with van der Waals surface area (Å²) in [6.07, 6.45) is 0.772. The number of pyridine rings is 1. The summed E-state index contributed by atoms with van der Waals surface area (Å²) in [4.78, 5) is 15.4. The summed E-state index contributed by atoms with van der Waals surface area (Å²) >= 11 is 6.06. The lowest BCUT2D eigenvalue weighted by atomic mass is 9.94. The lowest BCUT2D eigenvalue weighted by Gasteiger charge is -2.14. The molecular weight excluding hydrogens is 250 g/mol. The summed E-state index contributed by atoms with van der Waals surface area (Å²) in [6, 6.07) is 5.60. The van der Waals surface area contributed by atoms with Crippen molar-refractivity contribution in [2.45, 2.75) is 19.8 Å². The molecule has 3 nitrogen and oxygen atoms in total. The van der Waals surface area contributed by atoms with E-state index in [0.29, 0.717) is 5.56 Å². The quantitative estimate of drug-likeness (QED) is 0.624. The van der Waals surface area contributed by atoms with Crippen LogP contribution < -0.4 is 4.74 Å². The summed E-state index contributed by atoms with van der Waals surface area (Å²) in [5.41, 5.74) is 2.15. The molecule has 0 unspecified atom stereocenters. The third-order valence-electron chi connectivity index (χ3n) is 2.92. The van der Waals surface area contributed by atoms with Crippen LogP contribution in [0.3, 0.4) is 0 Å². The van der Waals surface area contributed by atoms with Gasteiger partial charge in [0.15, 0.2) is 6.29 Å². The molecule has 0 N–H and O–H groups in total. The summed E-state index contributed by atoms with van der Waals surface area (Å²) in [7, 11) is 1.60. The van der Waals surface area contributed by atoms with E-state index in [1.807, 2.05) is 32.0 Å². The molecule has 0 fully saturated rings. The number of hydrogen-bond acceptors (Lipinski definition) is 3. The van der Waals surface area contributed by atoms with Crippen molar-refractivity contribution in [2.24, 2.45) is 0 Å². The predicted molar refractivity (Wildman–Crippen MR) is 72.8 cm³/mol. The highest BCUT2D eigenvalue weighted by Gasteiger charge is 2.16. The van der Waals surface area contributed by atoms with Gasteiger partial charge >= 0.3 is 0 Å².